The zero-order valence-corrected chi connectivity index (χ0v) is 13.3. The summed E-state index contributed by atoms with van der Waals surface area (Å²) in [6.45, 7) is 0. The van der Waals surface area contributed by atoms with Crippen molar-refractivity contribution in [2.75, 3.05) is 0 Å². The van der Waals surface area contributed by atoms with Crippen LogP contribution in [0.2, 0.25) is 4.34 Å². The summed E-state index contributed by atoms with van der Waals surface area (Å²) in [7, 11) is 0. The predicted octanol–water partition coefficient (Wildman–Crippen LogP) is 3.26. The molecule has 1 aliphatic heterocycles. The van der Waals surface area contributed by atoms with Gasteiger partial charge in [-0.3, -0.25) is 9.59 Å². The monoisotopic (exact) mass is 347 g/mol. The Morgan fingerprint density at radius 1 is 1.13 bits per heavy atom. The van der Waals surface area contributed by atoms with Crippen LogP contribution in [0.15, 0.2) is 36.4 Å². The smallest absolute Gasteiger partial charge is 0.329 e. The maximum absolute atomic E-state index is 12.2. The second-order valence-electron chi connectivity index (χ2n) is 5.45. The lowest BCUT2D eigenvalue weighted by Crippen LogP contribution is -2.33. The predicted molar refractivity (Wildman–Crippen MR) is 83.2 cm³/mol. The standard InChI is InChI=1S/C16H10ClNO4S/c17-13-6-5-12(23-13)10-7-11(10)16(21)22-18-14(19)8-3-1-2-4-9(8)15(18)20/h1-6,10-11H,7H2/t10-,11-/m1/s1. The Kier molecular flexibility index (Phi) is 3.25. The van der Waals surface area contributed by atoms with Crippen molar-refractivity contribution in [1.29, 1.82) is 0 Å². The summed E-state index contributed by atoms with van der Waals surface area (Å²) < 4.78 is 0.666. The molecule has 5 nitrogen and oxygen atoms in total. The van der Waals surface area contributed by atoms with Crippen molar-refractivity contribution in [1.82, 2.24) is 5.06 Å². The van der Waals surface area contributed by atoms with Crippen LogP contribution in [0.25, 0.3) is 0 Å². The highest BCUT2D eigenvalue weighted by Crippen LogP contribution is 2.51. The zero-order chi connectivity index (χ0) is 16.1. The molecule has 2 heterocycles. The van der Waals surface area contributed by atoms with E-state index >= 15 is 0 Å². The normalized spacial score (nSPS) is 22.2. The van der Waals surface area contributed by atoms with E-state index in [9.17, 15) is 14.4 Å². The van der Waals surface area contributed by atoms with Crippen LogP contribution in [0, 0.1) is 5.92 Å². The zero-order valence-electron chi connectivity index (χ0n) is 11.7. The Balaban J connectivity index is 1.47. The molecule has 4 rings (SSSR count). The van der Waals surface area contributed by atoms with Crippen molar-refractivity contribution >= 4 is 40.7 Å². The molecule has 2 amide bonds. The minimum absolute atomic E-state index is 0.0511. The summed E-state index contributed by atoms with van der Waals surface area (Å²) in [5.41, 5.74) is 0.505. The minimum atomic E-state index is -0.602. The van der Waals surface area contributed by atoms with Gasteiger partial charge in [0.15, 0.2) is 0 Å². The number of rotatable bonds is 3. The van der Waals surface area contributed by atoms with E-state index < -0.39 is 17.8 Å². The van der Waals surface area contributed by atoms with E-state index in [2.05, 4.69) is 0 Å². The Bertz CT molecular complexity index is 811. The third-order valence-electron chi connectivity index (χ3n) is 3.99. The Morgan fingerprint density at radius 2 is 1.78 bits per heavy atom. The van der Waals surface area contributed by atoms with Crippen molar-refractivity contribution in [2.24, 2.45) is 5.92 Å². The molecule has 7 heteroatoms. The molecule has 2 aliphatic rings. The van der Waals surface area contributed by atoms with Crippen LogP contribution in [0.1, 0.15) is 37.9 Å². The molecule has 2 aromatic rings. The molecule has 1 aromatic carbocycles. The molecule has 1 aromatic heterocycles. The van der Waals surface area contributed by atoms with Crippen LogP contribution in [0.3, 0.4) is 0 Å². The van der Waals surface area contributed by atoms with Gasteiger partial charge in [-0.2, -0.15) is 0 Å². The highest BCUT2D eigenvalue weighted by atomic mass is 35.5. The molecule has 2 atom stereocenters. The summed E-state index contributed by atoms with van der Waals surface area (Å²) in [6, 6.07) is 10.1. The van der Waals surface area contributed by atoms with Gasteiger partial charge in [0.2, 0.25) is 0 Å². The highest BCUT2D eigenvalue weighted by Gasteiger charge is 2.49. The van der Waals surface area contributed by atoms with E-state index in [-0.39, 0.29) is 23.0 Å². The number of imide groups is 1. The van der Waals surface area contributed by atoms with Crippen LogP contribution in [0.5, 0.6) is 0 Å². The van der Waals surface area contributed by atoms with Crippen LogP contribution < -0.4 is 0 Å². The lowest BCUT2D eigenvalue weighted by molar-refractivity contribution is -0.170. The highest BCUT2D eigenvalue weighted by molar-refractivity contribution is 7.16. The van der Waals surface area contributed by atoms with Crippen LogP contribution >= 0.6 is 22.9 Å². The molecule has 0 saturated heterocycles. The SMILES string of the molecule is O=C(ON1C(=O)c2ccccc2C1=O)[C@@H]1C[C@H]1c1ccc(Cl)s1. The molecule has 0 N–H and O–H groups in total. The molecule has 1 aliphatic carbocycles. The largest absolute Gasteiger partial charge is 0.336 e. The van der Waals surface area contributed by atoms with Crippen molar-refractivity contribution in [2.45, 2.75) is 12.3 Å². The minimum Gasteiger partial charge on any atom is -0.329 e. The molecule has 1 saturated carbocycles. The van der Waals surface area contributed by atoms with Crippen molar-refractivity contribution in [3.8, 4) is 0 Å². The summed E-state index contributed by atoms with van der Waals surface area (Å²) in [4.78, 5) is 42.6. The average Bonchev–Trinajstić information content (AvgIpc) is 3.19. The van der Waals surface area contributed by atoms with E-state index in [0.717, 1.165) is 4.88 Å². The van der Waals surface area contributed by atoms with Gasteiger partial charge in [0, 0.05) is 10.8 Å². The second kappa shape index (κ2) is 5.18. The van der Waals surface area contributed by atoms with Gasteiger partial charge in [0.1, 0.15) is 0 Å². The Labute approximate surface area is 140 Å². The van der Waals surface area contributed by atoms with Gasteiger partial charge in [0.05, 0.1) is 21.4 Å². The fraction of sp³-hybridized carbons (Fsp3) is 0.188. The quantitative estimate of drug-likeness (QED) is 0.799. The fourth-order valence-electron chi connectivity index (χ4n) is 2.71. The molecule has 0 radical (unpaired) electrons. The first-order chi connectivity index (χ1) is 11.1. The first kappa shape index (κ1) is 14.4. The third-order valence-corrected chi connectivity index (χ3v) is 5.35. The van der Waals surface area contributed by atoms with E-state index in [1.54, 1.807) is 18.2 Å². The van der Waals surface area contributed by atoms with E-state index in [1.165, 1.54) is 23.5 Å². The number of carbonyl (C=O) groups is 3. The maximum atomic E-state index is 12.2. The molecular weight excluding hydrogens is 338 g/mol. The lowest BCUT2D eigenvalue weighted by atomic mass is 10.1. The Hall–Kier alpha value is -2.18. The van der Waals surface area contributed by atoms with Crippen molar-refractivity contribution in [3.63, 3.8) is 0 Å². The fourth-order valence-corrected chi connectivity index (χ4v) is 3.94. The summed E-state index contributed by atoms with van der Waals surface area (Å²) in [6.07, 6.45) is 0.638. The number of amides is 2. The van der Waals surface area contributed by atoms with Gasteiger partial charge in [-0.25, -0.2) is 4.79 Å². The summed E-state index contributed by atoms with van der Waals surface area (Å²) >= 11 is 7.31. The van der Waals surface area contributed by atoms with E-state index in [1.807, 2.05) is 6.07 Å². The topological polar surface area (TPSA) is 63.7 Å². The number of hydrogen-bond donors (Lipinski definition) is 0. The first-order valence-corrected chi connectivity index (χ1v) is 8.20. The number of fused-ring (bicyclic) bond motifs is 1. The number of carbonyl (C=O) groups excluding carboxylic acids is 3. The molecule has 1 fully saturated rings. The molecule has 116 valence electrons. The van der Waals surface area contributed by atoms with Gasteiger partial charge in [-0.1, -0.05) is 28.8 Å². The number of thiophene rings is 1. The van der Waals surface area contributed by atoms with E-state index in [4.69, 9.17) is 16.4 Å². The van der Waals surface area contributed by atoms with Crippen LogP contribution in [-0.2, 0) is 9.63 Å². The molecule has 0 unspecified atom stereocenters. The number of nitrogens with zero attached hydrogens (tertiary/aromatic N) is 1. The van der Waals surface area contributed by atoms with Crippen LogP contribution in [-0.4, -0.2) is 22.8 Å². The Morgan fingerprint density at radius 3 is 2.35 bits per heavy atom. The third kappa shape index (κ3) is 2.34. The average molecular weight is 348 g/mol. The van der Waals surface area contributed by atoms with Gasteiger partial charge in [-0.15, -0.1) is 11.3 Å². The maximum Gasteiger partial charge on any atom is 0.336 e. The number of hydrogen-bond acceptors (Lipinski definition) is 5. The molecule has 0 spiro atoms. The second-order valence-corrected chi connectivity index (χ2v) is 7.20. The summed E-state index contributed by atoms with van der Waals surface area (Å²) in [5.74, 6) is -2.05. The lowest BCUT2D eigenvalue weighted by Gasteiger charge is -2.12. The number of benzene rings is 1. The first-order valence-electron chi connectivity index (χ1n) is 7.01. The van der Waals surface area contributed by atoms with Crippen LogP contribution in [0.4, 0.5) is 0 Å². The molecule has 23 heavy (non-hydrogen) atoms. The van der Waals surface area contributed by atoms with Gasteiger partial charge < -0.3 is 4.84 Å². The van der Waals surface area contributed by atoms with Gasteiger partial charge >= 0.3 is 5.97 Å². The molecular formula is C16H10ClNO4S. The summed E-state index contributed by atoms with van der Waals surface area (Å²) in [5, 5.41) is 0.559. The van der Waals surface area contributed by atoms with Gasteiger partial charge in [0.25, 0.3) is 11.8 Å². The number of hydroxylamine groups is 2. The van der Waals surface area contributed by atoms with Crippen molar-refractivity contribution in [3.05, 3.63) is 56.7 Å². The van der Waals surface area contributed by atoms with Crippen molar-refractivity contribution < 1.29 is 19.2 Å². The van der Waals surface area contributed by atoms with E-state index in [0.29, 0.717) is 15.8 Å². The number of halogens is 1. The van der Waals surface area contributed by atoms with Gasteiger partial charge in [-0.05, 0) is 30.7 Å². The molecule has 0 bridgehead atoms.